The molecule has 0 spiro atoms. The fourth-order valence-electron chi connectivity index (χ4n) is 6.53. The van der Waals surface area contributed by atoms with Gasteiger partial charge in [-0.2, -0.15) is 0 Å². The van der Waals surface area contributed by atoms with E-state index in [1.807, 2.05) is 6.07 Å². The average Bonchev–Trinajstić information content (AvgIpc) is 2.88. The highest BCUT2D eigenvalue weighted by Gasteiger charge is 2.58. The molecule has 5 atom stereocenters. The number of rotatable bonds is 3. The Morgan fingerprint density at radius 2 is 2.11 bits per heavy atom. The van der Waals surface area contributed by atoms with Crippen LogP contribution in [0.5, 0.6) is 5.75 Å². The first-order valence-corrected chi connectivity index (χ1v) is 10.4. The second-order valence-electron chi connectivity index (χ2n) is 9.01. The third kappa shape index (κ3) is 2.83. The van der Waals surface area contributed by atoms with E-state index in [4.69, 9.17) is 4.74 Å². The molecule has 27 heavy (non-hydrogen) atoms. The summed E-state index contributed by atoms with van der Waals surface area (Å²) in [6.07, 6.45) is 6.39. The molecule has 0 aliphatic heterocycles. The zero-order valence-electron chi connectivity index (χ0n) is 16.5. The van der Waals surface area contributed by atoms with E-state index in [9.17, 15) is 14.0 Å². The first kappa shape index (κ1) is 18.6. The lowest BCUT2D eigenvalue weighted by Gasteiger charge is -2.50. The monoisotopic (exact) mass is 372 g/mol. The molecule has 0 aromatic heterocycles. The number of carbonyl (C=O) groups is 2. The topological polar surface area (TPSA) is 43.4 Å². The number of halogens is 1. The highest BCUT2D eigenvalue weighted by Crippen LogP contribution is 2.62. The van der Waals surface area contributed by atoms with Gasteiger partial charge in [-0.1, -0.05) is 26.3 Å². The standard InChI is InChI=1S/C23H29FO3/c1-4-5-14-12-20(26)23(3)11-10-16-15-8-9-19(27-13(2)25)22(24)18(15)7-6-17(16)21(14)23/h8-9,14,16-17,21H,4-7,10-12H2,1-3H3. The van der Waals surface area contributed by atoms with E-state index in [1.54, 1.807) is 6.07 Å². The van der Waals surface area contributed by atoms with Crippen molar-refractivity contribution in [2.75, 3.05) is 0 Å². The van der Waals surface area contributed by atoms with Crippen molar-refractivity contribution in [1.82, 2.24) is 0 Å². The van der Waals surface area contributed by atoms with Crippen molar-refractivity contribution in [3.05, 3.63) is 29.1 Å². The first-order chi connectivity index (χ1) is 12.9. The Bertz CT molecular complexity index is 786. The van der Waals surface area contributed by atoms with Gasteiger partial charge in [0.25, 0.3) is 0 Å². The highest BCUT2D eigenvalue weighted by molar-refractivity contribution is 5.87. The minimum atomic E-state index is -0.497. The maximum Gasteiger partial charge on any atom is 0.308 e. The fraction of sp³-hybridized carbons (Fsp3) is 0.652. The van der Waals surface area contributed by atoms with Crippen LogP contribution >= 0.6 is 0 Å². The molecule has 0 radical (unpaired) electrons. The van der Waals surface area contributed by atoms with Crippen LogP contribution in [-0.2, 0) is 16.0 Å². The Morgan fingerprint density at radius 1 is 1.33 bits per heavy atom. The third-order valence-electron chi connectivity index (χ3n) is 7.57. The second kappa shape index (κ2) is 6.72. The van der Waals surface area contributed by atoms with Crippen LogP contribution in [0.1, 0.15) is 76.3 Å². The molecule has 0 saturated heterocycles. The van der Waals surface area contributed by atoms with Crippen molar-refractivity contribution in [2.45, 2.75) is 71.6 Å². The molecule has 4 rings (SSSR count). The number of carbonyl (C=O) groups excluding carboxylic acids is 2. The summed E-state index contributed by atoms with van der Waals surface area (Å²) in [4.78, 5) is 24.1. The van der Waals surface area contributed by atoms with Crippen LogP contribution < -0.4 is 4.74 Å². The van der Waals surface area contributed by atoms with Crippen molar-refractivity contribution in [2.24, 2.45) is 23.2 Å². The Morgan fingerprint density at radius 3 is 2.81 bits per heavy atom. The van der Waals surface area contributed by atoms with E-state index < -0.39 is 5.97 Å². The highest BCUT2D eigenvalue weighted by atomic mass is 19.1. The van der Waals surface area contributed by atoms with Gasteiger partial charge in [-0.25, -0.2) is 4.39 Å². The van der Waals surface area contributed by atoms with Crippen molar-refractivity contribution in [1.29, 1.82) is 0 Å². The van der Waals surface area contributed by atoms with Crippen LogP contribution in [0.25, 0.3) is 0 Å². The summed E-state index contributed by atoms with van der Waals surface area (Å²) in [5.41, 5.74) is 1.61. The van der Waals surface area contributed by atoms with Crippen molar-refractivity contribution >= 4 is 11.8 Å². The Balaban J connectivity index is 1.70. The second-order valence-corrected chi connectivity index (χ2v) is 9.01. The number of esters is 1. The minimum absolute atomic E-state index is 0.0419. The molecule has 2 saturated carbocycles. The molecular weight excluding hydrogens is 343 g/mol. The Labute approximate surface area is 160 Å². The van der Waals surface area contributed by atoms with E-state index in [2.05, 4.69) is 13.8 Å². The Kier molecular flexibility index (Phi) is 4.64. The third-order valence-corrected chi connectivity index (χ3v) is 7.57. The van der Waals surface area contributed by atoms with Gasteiger partial charge in [-0.15, -0.1) is 0 Å². The van der Waals surface area contributed by atoms with Gasteiger partial charge < -0.3 is 4.74 Å². The number of fused-ring (bicyclic) bond motifs is 5. The van der Waals surface area contributed by atoms with E-state index in [0.29, 0.717) is 35.9 Å². The van der Waals surface area contributed by atoms with E-state index in [1.165, 1.54) is 6.92 Å². The van der Waals surface area contributed by atoms with E-state index in [-0.39, 0.29) is 17.0 Å². The summed E-state index contributed by atoms with van der Waals surface area (Å²) >= 11 is 0. The molecule has 1 aromatic rings. The summed E-state index contributed by atoms with van der Waals surface area (Å²) in [5.74, 6) is 1.30. The lowest BCUT2D eigenvalue weighted by molar-refractivity contribution is -0.132. The molecule has 0 heterocycles. The fourth-order valence-corrected chi connectivity index (χ4v) is 6.53. The maximum absolute atomic E-state index is 14.9. The predicted molar refractivity (Wildman–Crippen MR) is 101 cm³/mol. The molecule has 3 nitrogen and oxygen atoms in total. The molecule has 0 amide bonds. The minimum Gasteiger partial charge on any atom is -0.424 e. The zero-order valence-corrected chi connectivity index (χ0v) is 16.5. The molecule has 3 aliphatic rings. The Hall–Kier alpha value is -1.71. The van der Waals surface area contributed by atoms with Gasteiger partial charge in [0.1, 0.15) is 5.78 Å². The molecule has 146 valence electrons. The molecule has 3 aliphatic carbocycles. The van der Waals surface area contributed by atoms with Gasteiger partial charge in [0, 0.05) is 18.8 Å². The van der Waals surface area contributed by atoms with E-state index in [0.717, 1.165) is 49.7 Å². The largest absolute Gasteiger partial charge is 0.424 e. The van der Waals surface area contributed by atoms with Crippen LogP contribution in [0.3, 0.4) is 0 Å². The van der Waals surface area contributed by atoms with Crippen LogP contribution in [0.15, 0.2) is 12.1 Å². The van der Waals surface area contributed by atoms with Crippen LogP contribution in [0.2, 0.25) is 0 Å². The summed E-state index contributed by atoms with van der Waals surface area (Å²) < 4.78 is 20.0. The molecule has 0 bridgehead atoms. The molecule has 0 N–H and O–H groups in total. The summed E-state index contributed by atoms with van der Waals surface area (Å²) in [5, 5.41) is 0. The predicted octanol–water partition coefficient (Wildman–Crippen LogP) is 5.20. The lowest BCUT2D eigenvalue weighted by Crippen LogP contribution is -2.44. The van der Waals surface area contributed by atoms with Crippen molar-refractivity contribution in [3.8, 4) is 5.75 Å². The average molecular weight is 372 g/mol. The first-order valence-electron chi connectivity index (χ1n) is 10.4. The van der Waals surface area contributed by atoms with Crippen molar-refractivity contribution in [3.63, 3.8) is 0 Å². The van der Waals surface area contributed by atoms with E-state index >= 15 is 0 Å². The van der Waals surface area contributed by atoms with Crippen LogP contribution in [-0.4, -0.2) is 11.8 Å². The lowest BCUT2D eigenvalue weighted by atomic mass is 9.54. The quantitative estimate of drug-likeness (QED) is 0.541. The normalized spacial score (nSPS) is 34.6. The summed E-state index contributed by atoms with van der Waals surface area (Å²) in [6, 6.07) is 3.57. The smallest absolute Gasteiger partial charge is 0.308 e. The van der Waals surface area contributed by atoms with Crippen LogP contribution in [0, 0.1) is 29.0 Å². The zero-order chi connectivity index (χ0) is 19.3. The van der Waals surface area contributed by atoms with Gasteiger partial charge in [0.15, 0.2) is 11.6 Å². The van der Waals surface area contributed by atoms with Gasteiger partial charge in [0.2, 0.25) is 0 Å². The number of ketones is 1. The molecule has 4 heteroatoms. The number of benzene rings is 1. The number of hydrogen-bond acceptors (Lipinski definition) is 3. The van der Waals surface area contributed by atoms with Crippen LogP contribution in [0.4, 0.5) is 4.39 Å². The van der Waals surface area contributed by atoms with Crippen molar-refractivity contribution < 1.29 is 18.7 Å². The summed E-state index contributed by atoms with van der Waals surface area (Å²) in [7, 11) is 0. The number of Topliss-reactive ketones (excluding diaryl/α,β-unsaturated/α-hetero) is 1. The molecular formula is C23H29FO3. The van der Waals surface area contributed by atoms with Gasteiger partial charge >= 0.3 is 5.97 Å². The molecule has 1 aromatic carbocycles. The number of ether oxygens (including phenoxy) is 1. The van der Waals surface area contributed by atoms with Gasteiger partial charge in [0.05, 0.1) is 0 Å². The number of hydrogen-bond donors (Lipinski definition) is 0. The SMILES string of the molecule is CCCC1CC(=O)C2(C)CCC3c4ccc(OC(C)=O)c(F)c4CCC3C12. The summed E-state index contributed by atoms with van der Waals surface area (Å²) in [6.45, 7) is 5.68. The maximum atomic E-state index is 14.9. The van der Waals surface area contributed by atoms with Gasteiger partial charge in [-0.05, 0) is 73.0 Å². The molecule has 2 fully saturated rings. The molecule has 5 unspecified atom stereocenters. The van der Waals surface area contributed by atoms with Gasteiger partial charge in [-0.3, -0.25) is 9.59 Å².